The van der Waals surface area contributed by atoms with Crippen molar-refractivity contribution in [2.24, 2.45) is 5.73 Å². The lowest BCUT2D eigenvalue weighted by molar-refractivity contribution is -0.136. The maximum atomic E-state index is 12.1. The molecule has 0 aliphatic carbocycles. The lowest BCUT2D eigenvalue weighted by atomic mass is 10.0. The number of carbonyl (C=O) groups is 1. The summed E-state index contributed by atoms with van der Waals surface area (Å²) < 4.78 is 0. The Morgan fingerprint density at radius 2 is 1.89 bits per heavy atom. The summed E-state index contributed by atoms with van der Waals surface area (Å²) in [5.41, 5.74) is 6.49. The fourth-order valence-electron chi connectivity index (χ4n) is 2.23. The lowest BCUT2D eigenvalue weighted by Gasteiger charge is -2.30. The number of aliphatic hydroxyl groups is 1. The van der Waals surface area contributed by atoms with Crippen LogP contribution >= 0.6 is 0 Å². The summed E-state index contributed by atoms with van der Waals surface area (Å²) in [4.78, 5) is 17.8. The quantitative estimate of drug-likeness (QED) is 0.815. The molecule has 0 spiro atoms. The van der Waals surface area contributed by atoms with Crippen molar-refractivity contribution in [1.82, 2.24) is 9.88 Å². The Balaban J connectivity index is 2.01. The van der Waals surface area contributed by atoms with Crippen LogP contribution < -0.4 is 5.73 Å². The van der Waals surface area contributed by atoms with Gasteiger partial charge in [0.05, 0.1) is 0 Å². The van der Waals surface area contributed by atoms with E-state index in [0.29, 0.717) is 5.56 Å². The molecule has 0 unspecified atom stereocenters. The van der Waals surface area contributed by atoms with Crippen molar-refractivity contribution in [3.63, 3.8) is 0 Å². The maximum Gasteiger partial charge on any atom is 0.242 e. The van der Waals surface area contributed by atoms with Gasteiger partial charge in [0.1, 0.15) is 12.1 Å². The molecule has 1 aliphatic heterocycles. The fourth-order valence-corrected chi connectivity index (χ4v) is 2.23. The third-order valence-electron chi connectivity index (χ3n) is 3.34. The number of hydrogen-bond acceptors (Lipinski definition) is 4. The number of amides is 1. The van der Waals surface area contributed by atoms with Gasteiger partial charge in [-0.05, 0) is 37.0 Å². The van der Waals surface area contributed by atoms with Crippen molar-refractivity contribution in [2.45, 2.75) is 31.4 Å². The van der Waals surface area contributed by atoms with E-state index in [1.54, 1.807) is 29.4 Å². The number of hydrogen-bond donors (Lipinski definition) is 2. The van der Waals surface area contributed by atoms with E-state index in [0.717, 1.165) is 32.4 Å². The average Bonchev–Trinajstić information content (AvgIpc) is 2.47. The normalized spacial score (nSPS) is 19.3. The first-order chi connectivity index (χ1) is 8.70. The molecule has 2 atom stereocenters. The number of pyridine rings is 1. The molecule has 1 amide bonds. The predicted octanol–water partition coefficient (Wildman–Crippen LogP) is 0.455. The summed E-state index contributed by atoms with van der Waals surface area (Å²) in [6.45, 7) is 1.49. The molecule has 18 heavy (non-hydrogen) atoms. The number of rotatable bonds is 3. The van der Waals surface area contributed by atoms with Gasteiger partial charge < -0.3 is 15.7 Å². The fraction of sp³-hybridized carbons (Fsp3) is 0.538. The summed E-state index contributed by atoms with van der Waals surface area (Å²) >= 11 is 0. The zero-order valence-corrected chi connectivity index (χ0v) is 10.3. The Hall–Kier alpha value is -1.46. The number of likely N-dealkylation sites (tertiary alicyclic amines) is 1. The van der Waals surface area contributed by atoms with Gasteiger partial charge in [0.15, 0.2) is 0 Å². The van der Waals surface area contributed by atoms with Crippen LogP contribution in [0.2, 0.25) is 0 Å². The molecule has 1 aliphatic rings. The SMILES string of the molecule is N[C@H](C(=O)N1CCCCC1)[C@@H](O)c1ccncc1. The highest BCUT2D eigenvalue weighted by molar-refractivity contribution is 5.82. The molecule has 5 heteroatoms. The number of carbonyl (C=O) groups excluding carboxylic acids is 1. The van der Waals surface area contributed by atoms with Gasteiger partial charge >= 0.3 is 0 Å². The van der Waals surface area contributed by atoms with Crippen LogP contribution in [0, 0.1) is 0 Å². The van der Waals surface area contributed by atoms with Gasteiger partial charge in [-0.3, -0.25) is 9.78 Å². The highest BCUT2D eigenvalue weighted by Gasteiger charge is 2.28. The summed E-state index contributed by atoms with van der Waals surface area (Å²) in [5, 5.41) is 10.1. The van der Waals surface area contributed by atoms with Crippen LogP contribution in [-0.4, -0.2) is 40.0 Å². The first-order valence-electron chi connectivity index (χ1n) is 6.32. The molecule has 0 bridgehead atoms. The van der Waals surface area contributed by atoms with E-state index in [-0.39, 0.29) is 5.91 Å². The molecule has 2 rings (SSSR count). The first-order valence-corrected chi connectivity index (χ1v) is 6.32. The van der Waals surface area contributed by atoms with Crippen molar-refractivity contribution in [2.75, 3.05) is 13.1 Å². The van der Waals surface area contributed by atoms with Crippen molar-refractivity contribution in [1.29, 1.82) is 0 Å². The van der Waals surface area contributed by atoms with E-state index in [9.17, 15) is 9.90 Å². The Morgan fingerprint density at radius 1 is 1.28 bits per heavy atom. The Morgan fingerprint density at radius 3 is 2.50 bits per heavy atom. The van der Waals surface area contributed by atoms with Gasteiger partial charge in [-0.25, -0.2) is 0 Å². The number of aliphatic hydroxyl groups excluding tert-OH is 1. The van der Waals surface area contributed by atoms with E-state index < -0.39 is 12.1 Å². The van der Waals surface area contributed by atoms with E-state index in [2.05, 4.69) is 4.98 Å². The summed E-state index contributed by atoms with van der Waals surface area (Å²) in [5.74, 6) is -0.168. The second-order valence-corrected chi connectivity index (χ2v) is 4.64. The van der Waals surface area contributed by atoms with E-state index in [4.69, 9.17) is 5.73 Å². The molecule has 1 fully saturated rings. The van der Waals surface area contributed by atoms with Crippen LogP contribution in [0.4, 0.5) is 0 Å². The molecule has 2 heterocycles. The van der Waals surface area contributed by atoms with Crippen molar-refractivity contribution in [3.8, 4) is 0 Å². The van der Waals surface area contributed by atoms with Gasteiger partial charge in [0.2, 0.25) is 5.91 Å². The molecule has 0 aromatic carbocycles. The van der Waals surface area contributed by atoms with Crippen molar-refractivity contribution < 1.29 is 9.90 Å². The molecule has 3 N–H and O–H groups in total. The molecule has 1 aromatic rings. The van der Waals surface area contributed by atoms with Gasteiger partial charge in [0, 0.05) is 25.5 Å². The minimum Gasteiger partial charge on any atom is -0.386 e. The lowest BCUT2D eigenvalue weighted by Crippen LogP contribution is -2.48. The first kappa shape index (κ1) is 13.0. The Bertz CT molecular complexity index is 390. The van der Waals surface area contributed by atoms with Gasteiger partial charge in [-0.15, -0.1) is 0 Å². The van der Waals surface area contributed by atoms with Crippen LogP contribution in [0.1, 0.15) is 30.9 Å². The average molecular weight is 249 g/mol. The topological polar surface area (TPSA) is 79.5 Å². The van der Waals surface area contributed by atoms with Crippen LogP contribution in [0.5, 0.6) is 0 Å². The zero-order valence-electron chi connectivity index (χ0n) is 10.3. The summed E-state index contributed by atoms with van der Waals surface area (Å²) in [6.07, 6.45) is 5.38. The van der Waals surface area contributed by atoms with Crippen LogP contribution in [0.25, 0.3) is 0 Å². The molecule has 1 saturated heterocycles. The standard InChI is InChI=1S/C13H19N3O2/c14-11(12(17)10-4-6-15-7-5-10)13(18)16-8-2-1-3-9-16/h4-7,11-12,17H,1-3,8-9,14H2/t11-,12-/m0/s1. The molecule has 1 aromatic heterocycles. The van der Waals surface area contributed by atoms with Crippen molar-refractivity contribution in [3.05, 3.63) is 30.1 Å². The van der Waals surface area contributed by atoms with Crippen LogP contribution in [-0.2, 0) is 4.79 Å². The second kappa shape index (κ2) is 5.93. The highest BCUT2D eigenvalue weighted by atomic mass is 16.3. The van der Waals surface area contributed by atoms with Crippen molar-refractivity contribution >= 4 is 5.91 Å². The van der Waals surface area contributed by atoms with E-state index in [1.807, 2.05) is 0 Å². The Labute approximate surface area is 107 Å². The molecular weight excluding hydrogens is 230 g/mol. The second-order valence-electron chi connectivity index (χ2n) is 4.64. The zero-order chi connectivity index (χ0) is 13.0. The molecule has 0 radical (unpaired) electrons. The molecular formula is C13H19N3O2. The highest BCUT2D eigenvalue weighted by Crippen LogP contribution is 2.18. The molecule has 98 valence electrons. The summed E-state index contributed by atoms with van der Waals surface area (Å²) in [7, 11) is 0. The predicted molar refractivity (Wildman–Crippen MR) is 67.6 cm³/mol. The third kappa shape index (κ3) is 2.86. The minimum atomic E-state index is -0.970. The van der Waals surface area contributed by atoms with Crippen LogP contribution in [0.3, 0.4) is 0 Å². The van der Waals surface area contributed by atoms with E-state index >= 15 is 0 Å². The van der Waals surface area contributed by atoms with Gasteiger partial charge in [-0.1, -0.05) is 0 Å². The molecule has 5 nitrogen and oxygen atoms in total. The van der Waals surface area contributed by atoms with Gasteiger partial charge in [0.25, 0.3) is 0 Å². The number of nitrogens with zero attached hydrogens (tertiary/aromatic N) is 2. The number of piperidine rings is 1. The summed E-state index contributed by atoms with van der Waals surface area (Å²) in [6, 6.07) is 2.45. The number of aromatic nitrogens is 1. The molecule has 0 saturated carbocycles. The third-order valence-corrected chi connectivity index (χ3v) is 3.34. The van der Waals surface area contributed by atoms with Gasteiger partial charge in [-0.2, -0.15) is 0 Å². The minimum absolute atomic E-state index is 0.168. The maximum absolute atomic E-state index is 12.1. The smallest absolute Gasteiger partial charge is 0.242 e. The number of nitrogens with two attached hydrogens (primary N) is 1. The monoisotopic (exact) mass is 249 g/mol. The van der Waals surface area contributed by atoms with Crippen LogP contribution in [0.15, 0.2) is 24.5 Å². The van der Waals surface area contributed by atoms with E-state index in [1.165, 1.54) is 0 Å². The largest absolute Gasteiger partial charge is 0.386 e. The Kier molecular flexibility index (Phi) is 4.28.